The van der Waals surface area contributed by atoms with Crippen molar-refractivity contribution in [2.24, 2.45) is 0 Å². The summed E-state index contributed by atoms with van der Waals surface area (Å²) < 4.78 is 1.43. The van der Waals surface area contributed by atoms with E-state index in [4.69, 9.17) is 0 Å². The van der Waals surface area contributed by atoms with Crippen LogP contribution in [0.25, 0.3) is 0 Å². The molecule has 5 heteroatoms. The van der Waals surface area contributed by atoms with Gasteiger partial charge < -0.3 is 4.90 Å². The topological polar surface area (TPSA) is 51.0 Å². The zero-order chi connectivity index (χ0) is 11.5. The molecule has 0 bridgehead atoms. The third kappa shape index (κ3) is 1.79. The van der Waals surface area contributed by atoms with E-state index in [1.807, 2.05) is 19.0 Å². The van der Waals surface area contributed by atoms with Gasteiger partial charge in [0.05, 0.1) is 5.56 Å². The summed E-state index contributed by atoms with van der Waals surface area (Å²) in [6, 6.07) is 3.50. The molecule has 0 fully saturated rings. The van der Waals surface area contributed by atoms with Crippen molar-refractivity contribution >= 4 is 11.7 Å². The highest BCUT2D eigenvalue weighted by Crippen LogP contribution is 2.15. The van der Waals surface area contributed by atoms with Crippen LogP contribution in [0.15, 0.2) is 37.1 Å². The smallest absolute Gasteiger partial charge is 0.266 e. The molecule has 82 valence electrons. The fourth-order valence-electron chi connectivity index (χ4n) is 1.44. The molecule has 0 saturated carbocycles. The number of hydrogen-bond acceptors (Lipinski definition) is 4. The van der Waals surface area contributed by atoms with E-state index in [2.05, 4.69) is 9.97 Å². The molecule has 0 atom stereocenters. The predicted octanol–water partition coefficient (Wildman–Crippen LogP) is 1.03. The average Bonchev–Trinajstić information content (AvgIpc) is 2.81. The number of pyridine rings is 1. The van der Waals surface area contributed by atoms with E-state index in [-0.39, 0.29) is 5.91 Å². The molecule has 0 saturated heterocycles. The molecule has 0 spiro atoms. The first-order chi connectivity index (χ1) is 7.70. The average molecular weight is 216 g/mol. The number of hydrogen-bond donors (Lipinski definition) is 0. The Morgan fingerprint density at radius 1 is 1.38 bits per heavy atom. The number of rotatable bonds is 2. The van der Waals surface area contributed by atoms with Crippen molar-refractivity contribution in [3.63, 3.8) is 0 Å². The summed E-state index contributed by atoms with van der Waals surface area (Å²) in [5, 5.41) is 0. The lowest BCUT2D eigenvalue weighted by Crippen LogP contribution is -2.18. The van der Waals surface area contributed by atoms with Crippen LogP contribution in [0.2, 0.25) is 0 Å². The minimum Gasteiger partial charge on any atom is -0.362 e. The first-order valence-corrected chi connectivity index (χ1v) is 4.85. The van der Waals surface area contributed by atoms with Crippen molar-refractivity contribution in [1.82, 2.24) is 14.5 Å². The number of aromatic nitrogens is 3. The van der Waals surface area contributed by atoms with E-state index in [1.54, 1.807) is 30.7 Å². The second kappa shape index (κ2) is 4.14. The van der Waals surface area contributed by atoms with Gasteiger partial charge in [0.2, 0.25) is 0 Å². The van der Waals surface area contributed by atoms with Gasteiger partial charge in [-0.1, -0.05) is 0 Å². The third-order valence-electron chi connectivity index (χ3n) is 2.18. The summed E-state index contributed by atoms with van der Waals surface area (Å²) in [6.07, 6.45) is 6.34. The highest BCUT2D eigenvalue weighted by molar-refractivity contribution is 6.00. The van der Waals surface area contributed by atoms with Crippen LogP contribution in [0, 0.1) is 0 Å². The van der Waals surface area contributed by atoms with Gasteiger partial charge in [0.15, 0.2) is 0 Å². The van der Waals surface area contributed by atoms with Gasteiger partial charge in [0.25, 0.3) is 5.91 Å². The van der Waals surface area contributed by atoms with Crippen molar-refractivity contribution in [2.75, 3.05) is 19.0 Å². The van der Waals surface area contributed by atoms with Crippen LogP contribution in [0.4, 0.5) is 5.82 Å². The second-order valence-corrected chi connectivity index (χ2v) is 3.54. The quantitative estimate of drug-likeness (QED) is 0.752. The lowest BCUT2D eigenvalue weighted by molar-refractivity contribution is 0.0960. The Kier molecular flexibility index (Phi) is 2.68. The van der Waals surface area contributed by atoms with Crippen molar-refractivity contribution < 1.29 is 4.79 Å². The minimum atomic E-state index is -0.130. The number of nitrogens with zero attached hydrogens (tertiary/aromatic N) is 4. The van der Waals surface area contributed by atoms with Gasteiger partial charge in [0.1, 0.15) is 12.1 Å². The molecule has 0 aromatic carbocycles. The standard InChI is InChI=1S/C11H12N4O/c1-14(2)10-9(4-3-5-13-10)11(16)15-7-6-12-8-15/h3-8H,1-2H3. The normalized spacial score (nSPS) is 10.1. The van der Waals surface area contributed by atoms with Gasteiger partial charge in [-0.25, -0.2) is 9.97 Å². The van der Waals surface area contributed by atoms with Gasteiger partial charge >= 0.3 is 0 Å². The SMILES string of the molecule is CN(C)c1ncccc1C(=O)n1ccnc1. The molecule has 0 aliphatic carbocycles. The number of anilines is 1. The molecule has 2 aromatic rings. The van der Waals surface area contributed by atoms with E-state index in [0.29, 0.717) is 11.4 Å². The molecule has 5 nitrogen and oxygen atoms in total. The van der Waals surface area contributed by atoms with E-state index < -0.39 is 0 Å². The Morgan fingerprint density at radius 3 is 2.81 bits per heavy atom. The molecule has 2 heterocycles. The summed E-state index contributed by atoms with van der Waals surface area (Å²) in [5.41, 5.74) is 0.561. The maximum Gasteiger partial charge on any atom is 0.266 e. The van der Waals surface area contributed by atoms with Crippen molar-refractivity contribution in [3.05, 3.63) is 42.6 Å². The molecule has 0 aliphatic rings. The van der Waals surface area contributed by atoms with Crippen LogP contribution < -0.4 is 4.90 Å². The Bertz CT molecular complexity index is 490. The monoisotopic (exact) mass is 216 g/mol. The predicted molar refractivity (Wildman–Crippen MR) is 60.5 cm³/mol. The number of carbonyl (C=O) groups is 1. The summed E-state index contributed by atoms with van der Waals surface area (Å²) in [4.78, 5) is 21.9. The van der Waals surface area contributed by atoms with E-state index >= 15 is 0 Å². The Labute approximate surface area is 93.4 Å². The number of imidazole rings is 1. The summed E-state index contributed by atoms with van der Waals surface area (Å²) >= 11 is 0. The summed E-state index contributed by atoms with van der Waals surface area (Å²) in [7, 11) is 3.71. The fourth-order valence-corrected chi connectivity index (χ4v) is 1.44. The van der Waals surface area contributed by atoms with E-state index in [0.717, 1.165) is 0 Å². The maximum atomic E-state index is 12.1. The van der Waals surface area contributed by atoms with Gasteiger partial charge in [-0.05, 0) is 12.1 Å². The van der Waals surface area contributed by atoms with Crippen LogP contribution in [0.5, 0.6) is 0 Å². The van der Waals surface area contributed by atoms with Gasteiger partial charge in [-0.2, -0.15) is 0 Å². The molecule has 0 unspecified atom stereocenters. The van der Waals surface area contributed by atoms with Crippen LogP contribution in [0.3, 0.4) is 0 Å². The van der Waals surface area contributed by atoms with Gasteiger partial charge in [-0.15, -0.1) is 0 Å². The zero-order valence-electron chi connectivity index (χ0n) is 9.16. The molecule has 0 aliphatic heterocycles. The molecular weight excluding hydrogens is 204 g/mol. The minimum absolute atomic E-state index is 0.130. The van der Waals surface area contributed by atoms with E-state index in [1.165, 1.54) is 10.9 Å². The van der Waals surface area contributed by atoms with Gasteiger partial charge in [-0.3, -0.25) is 9.36 Å². The molecular formula is C11H12N4O. The molecule has 2 rings (SSSR count). The molecule has 16 heavy (non-hydrogen) atoms. The molecule has 0 N–H and O–H groups in total. The summed E-state index contributed by atoms with van der Waals surface area (Å²) in [6.45, 7) is 0. The van der Waals surface area contributed by atoms with Crippen molar-refractivity contribution in [1.29, 1.82) is 0 Å². The lowest BCUT2D eigenvalue weighted by atomic mass is 10.2. The van der Waals surface area contributed by atoms with E-state index in [9.17, 15) is 4.79 Å². The van der Waals surface area contributed by atoms with Crippen LogP contribution >= 0.6 is 0 Å². The lowest BCUT2D eigenvalue weighted by Gasteiger charge is -2.14. The summed E-state index contributed by atoms with van der Waals surface area (Å²) in [5.74, 6) is 0.524. The Hall–Kier alpha value is -2.17. The fraction of sp³-hybridized carbons (Fsp3) is 0.182. The van der Waals surface area contributed by atoms with Crippen LogP contribution in [0.1, 0.15) is 10.4 Å². The Balaban J connectivity index is 2.44. The largest absolute Gasteiger partial charge is 0.362 e. The van der Waals surface area contributed by atoms with Gasteiger partial charge in [0, 0.05) is 32.7 Å². The van der Waals surface area contributed by atoms with Crippen molar-refractivity contribution in [2.45, 2.75) is 0 Å². The van der Waals surface area contributed by atoms with Crippen molar-refractivity contribution in [3.8, 4) is 0 Å². The zero-order valence-corrected chi connectivity index (χ0v) is 9.16. The van der Waals surface area contributed by atoms with Crippen LogP contribution in [-0.4, -0.2) is 34.5 Å². The van der Waals surface area contributed by atoms with Crippen LogP contribution in [-0.2, 0) is 0 Å². The highest BCUT2D eigenvalue weighted by Gasteiger charge is 2.14. The first kappa shape index (κ1) is 10.4. The Morgan fingerprint density at radius 2 is 2.19 bits per heavy atom. The highest BCUT2D eigenvalue weighted by atomic mass is 16.2. The molecule has 0 radical (unpaired) electrons. The number of carbonyl (C=O) groups excluding carboxylic acids is 1. The first-order valence-electron chi connectivity index (χ1n) is 4.85. The maximum absolute atomic E-state index is 12.1. The third-order valence-corrected chi connectivity index (χ3v) is 2.18. The molecule has 0 amide bonds. The molecule has 2 aromatic heterocycles. The second-order valence-electron chi connectivity index (χ2n) is 3.54.